The van der Waals surface area contributed by atoms with Crippen LogP contribution >= 0.6 is 23.1 Å². The van der Waals surface area contributed by atoms with Gasteiger partial charge in [-0.1, -0.05) is 6.08 Å². The number of primary amides is 1. The first kappa shape index (κ1) is 13.9. The first-order valence-electron chi connectivity index (χ1n) is 5.64. The zero-order valence-corrected chi connectivity index (χ0v) is 11.7. The summed E-state index contributed by atoms with van der Waals surface area (Å²) < 4.78 is 0. The van der Waals surface area contributed by atoms with Crippen molar-refractivity contribution in [3.8, 4) is 0 Å². The number of nitrogens with two attached hydrogens (primary N) is 2. The molecule has 0 saturated carbocycles. The summed E-state index contributed by atoms with van der Waals surface area (Å²) in [7, 11) is 0. The van der Waals surface area contributed by atoms with E-state index in [1.807, 2.05) is 24.0 Å². The van der Waals surface area contributed by atoms with E-state index in [-0.39, 0.29) is 18.2 Å². The lowest BCUT2D eigenvalue weighted by Gasteiger charge is -2.39. The van der Waals surface area contributed by atoms with Crippen LogP contribution in [-0.4, -0.2) is 32.8 Å². The van der Waals surface area contributed by atoms with Crippen molar-refractivity contribution in [2.75, 3.05) is 11.5 Å². The largest absolute Gasteiger partial charge is 0.375 e. The third-order valence-electron chi connectivity index (χ3n) is 2.52. The van der Waals surface area contributed by atoms with E-state index in [9.17, 15) is 9.59 Å². The van der Waals surface area contributed by atoms with E-state index in [0.717, 1.165) is 12.2 Å². The van der Waals surface area contributed by atoms with E-state index in [1.54, 1.807) is 10.3 Å². The van der Waals surface area contributed by atoms with Gasteiger partial charge in [0.2, 0.25) is 11.8 Å². The summed E-state index contributed by atoms with van der Waals surface area (Å²) in [5.74, 6) is 0.947. The van der Waals surface area contributed by atoms with Crippen LogP contribution in [0, 0.1) is 0 Å². The van der Waals surface area contributed by atoms with Crippen LogP contribution in [-0.2, 0) is 16.0 Å². The molecule has 0 aromatic carbocycles. The number of thiazole rings is 1. The van der Waals surface area contributed by atoms with E-state index < -0.39 is 0 Å². The molecule has 4 N–H and O–H groups in total. The fraction of sp³-hybridized carbons (Fsp3) is 0.364. The summed E-state index contributed by atoms with van der Waals surface area (Å²) in [4.78, 5) is 26.7. The molecule has 3 heterocycles. The van der Waals surface area contributed by atoms with E-state index in [2.05, 4.69) is 4.98 Å². The molecule has 3 rings (SSSR count). The molecule has 8 heteroatoms. The minimum atomic E-state index is -0.384. The van der Waals surface area contributed by atoms with Gasteiger partial charge in [-0.25, -0.2) is 4.98 Å². The fourth-order valence-corrected chi connectivity index (χ4v) is 3.22. The van der Waals surface area contributed by atoms with E-state index in [1.165, 1.54) is 11.3 Å². The Kier molecular flexibility index (Phi) is 4.43. The number of nitrogen functional groups attached to an aromatic ring is 1. The Labute approximate surface area is 118 Å². The Morgan fingerprint density at radius 1 is 1.58 bits per heavy atom. The van der Waals surface area contributed by atoms with Gasteiger partial charge in [0, 0.05) is 17.3 Å². The van der Waals surface area contributed by atoms with Gasteiger partial charge in [0.05, 0.1) is 23.9 Å². The van der Waals surface area contributed by atoms with Gasteiger partial charge in [0.15, 0.2) is 5.13 Å². The molecule has 1 aromatic heterocycles. The molecule has 6 nitrogen and oxygen atoms in total. The highest BCUT2D eigenvalue weighted by atomic mass is 32.2. The number of aromatic nitrogens is 1. The Bertz CT molecular complexity index is 515. The minimum absolute atomic E-state index is 0.174. The maximum absolute atomic E-state index is 10.7. The molecule has 1 atom stereocenters. The van der Waals surface area contributed by atoms with Crippen molar-refractivity contribution in [2.45, 2.75) is 18.2 Å². The predicted octanol–water partition coefficient (Wildman–Crippen LogP) is 0.558. The number of β-lactam (4-membered cyclic amide) rings is 1. The zero-order valence-electron chi connectivity index (χ0n) is 10.1. The van der Waals surface area contributed by atoms with Gasteiger partial charge >= 0.3 is 0 Å². The second-order valence-electron chi connectivity index (χ2n) is 4.00. The van der Waals surface area contributed by atoms with E-state index in [0.29, 0.717) is 16.2 Å². The molecule has 2 amide bonds. The third-order valence-corrected chi connectivity index (χ3v) is 4.41. The van der Waals surface area contributed by atoms with Crippen molar-refractivity contribution in [1.29, 1.82) is 0 Å². The average molecular weight is 298 g/mol. The highest BCUT2D eigenvalue weighted by Gasteiger charge is 2.35. The van der Waals surface area contributed by atoms with Crippen molar-refractivity contribution < 1.29 is 9.59 Å². The van der Waals surface area contributed by atoms with Crippen LogP contribution in [0.1, 0.15) is 12.1 Å². The van der Waals surface area contributed by atoms with Gasteiger partial charge in [-0.15, -0.1) is 23.1 Å². The Morgan fingerprint density at radius 2 is 2.37 bits per heavy atom. The van der Waals surface area contributed by atoms with Gasteiger partial charge in [-0.3, -0.25) is 9.59 Å². The van der Waals surface area contributed by atoms with Gasteiger partial charge in [0.25, 0.3) is 0 Å². The summed E-state index contributed by atoms with van der Waals surface area (Å²) in [5, 5.41) is 2.67. The van der Waals surface area contributed by atoms with Gasteiger partial charge < -0.3 is 16.4 Å². The summed E-state index contributed by atoms with van der Waals surface area (Å²) in [6, 6.07) is 0. The Morgan fingerprint density at radius 3 is 2.84 bits per heavy atom. The maximum Gasteiger partial charge on any atom is 0.230 e. The molecule has 2 aliphatic rings. The number of carbonyl (C=O) groups excluding carboxylic acids is 2. The second kappa shape index (κ2) is 6.07. The van der Waals surface area contributed by atoms with Crippen molar-refractivity contribution in [1.82, 2.24) is 9.88 Å². The Hall–Kier alpha value is -1.54. The smallest absolute Gasteiger partial charge is 0.230 e. The van der Waals surface area contributed by atoms with Crippen LogP contribution in [0.3, 0.4) is 0 Å². The van der Waals surface area contributed by atoms with Crippen LogP contribution in [0.2, 0.25) is 0 Å². The molecule has 1 fully saturated rings. The van der Waals surface area contributed by atoms with Gasteiger partial charge in [-0.05, 0) is 0 Å². The molecule has 1 aromatic rings. The van der Waals surface area contributed by atoms with Crippen molar-refractivity contribution in [3.63, 3.8) is 0 Å². The number of amides is 2. The zero-order chi connectivity index (χ0) is 13.8. The fourth-order valence-electron chi connectivity index (χ4n) is 1.63. The Balaban J connectivity index is 0.000000141. The van der Waals surface area contributed by atoms with Crippen LogP contribution < -0.4 is 11.5 Å². The van der Waals surface area contributed by atoms with Crippen molar-refractivity contribution in [3.05, 3.63) is 23.3 Å². The van der Waals surface area contributed by atoms with Gasteiger partial charge in [0.1, 0.15) is 0 Å². The molecule has 0 aliphatic carbocycles. The normalized spacial score (nSPS) is 20.1. The monoisotopic (exact) mass is 298 g/mol. The van der Waals surface area contributed by atoms with Crippen molar-refractivity contribution >= 4 is 40.0 Å². The predicted molar refractivity (Wildman–Crippen MR) is 76.3 cm³/mol. The maximum atomic E-state index is 10.7. The van der Waals surface area contributed by atoms with Gasteiger partial charge in [-0.2, -0.15) is 0 Å². The third kappa shape index (κ3) is 3.71. The molecule has 0 unspecified atom stereocenters. The molecule has 0 spiro atoms. The first-order chi connectivity index (χ1) is 9.06. The standard InChI is InChI=1S/C6H7NOS.C5H7N3OS/c8-5-4-6-7(5)2-1-3-9-6;6-4(9)1-3-2-10-5(7)8-3/h1-2,6H,3-4H2;2H,1H2,(H2,6,9)(H2,7,8)/t6-;/m1./s1. The molecular formula is C11H14N4O2S2. The molecular weight excluding hydrogens is 284 g/mol. The minimum Gasteiger partial charge on any atom is -0.375 e. The molecule has 1 saturated heterocycles. The number of anilines is 1. The summed E-state index contributed by atoms with van der Waals surface area (Å²) in [6.45, 7) is 0. The van der Waals surface area contributed by atoms with Crippen LogP contribution in [0.4, 0.5) is 5.13 Å². The first-order valence-corrected chi connectivity index (χ1v) is 7.56. The van der Waals surface area contributed by atoms with E-state index in [4.69, 9.17) is 11.5 Å². The highest BCUT2D eigenvalue weighted by molar-refractivity contribution is 8.00. The average Bonchev–Trinajstić information content (AvgIpc) is 2.73. The lowest BCUT2D eigenvalue weighted by atomic mass is 10.2. The van der Waals surface area contributed by atoms with Crippen molar-refractivity contribution in [2.24, 2.45) is 5.73 Å². The number of rotatable bonds is 2. The number of nitrogens with zero attached hydrogens (tertiary/aromatic N) is 2. The van der Waals surface area contributed by atoms with E-state index >= 15 is 0 Å². The van der Waals surface area contributed by atoms with Crippen LogP contribution in [0.15, 0.2) is 17.7 Å². The van der Waals surface area contributed by atoms with Crippen LogP contribution in [0.5, 0.6) is 0 Å². The summed E-state index contributed by atoms with van der Waals surface area (Å²) >= 11 is 3.14. The lowest BCUT2D eigenvalue weighted by Crippen LogP contribution is -2.48. The summed E-state index contributed by atoms with van der Waals surface area (Å²) in [5.41, 5.74) is 10.9. The second-order valence-corrected chi connectivity index (χ2v) is 6.10. The molecule has 0 bridgehead atoms. The number of hydrogen-bond donors (Lipinski definition) is 2. The summed E-state index contributed by atoms with van der Waals surface area (Å²) in [6.07, 6.45) is 4.84. The molecule has 0 radical (unpaired) electrons. The molecule has 19 heavy (non-hydrogen) atoms. The number of carbonyl (C=O) groups is 2. The quantitative estimate of drug-likeness (QED) is 0.777. The lowest BCUT2D eigenvalue weighted by molar-refractivity contribution is -0.137. The molecule has 102 valence electrons. The highest BCUT2D eigenvalue weighted by Crippen LogP contribution is 2.32. The topological polar surface area (TPSA) is 102 Å². The number of hydrogen-bond acceptors (Lipinski definition) is 6. The molecule has 2 aliphatic heterocycles. The number of thioether (sulfide) groups is 1. The van der Waals surface area contributed by atoms with Crippen LogP contribution in [0.25, 0.3) is 0 Å². The number of fused-ring (bicyclic) bond motifs is 1. The SMILES string of the molecule is NC(=O)Cc1csc(N)n1.O=C1C[C@H]2SCC=CN12.